The average molecular weight is 296 g/mol. The lowest BCUT2D eigenvalue weighted by Crippen LogP contribution is -2.20. The molecule has 0 atom stereocenters. The number of non-ortho nitro benzene ring substituents is 1. The van der Waals surface area contributed by atoms with Crippen molar-refractivity contribution >= 4 is 33.2 Å². The highest BCUT2D eigenvalue weighted by Crippen LogP contribution is 2.29. The van der Waals surface area contributed by atoms with Gasteiger partial charge in [0.05, 0.1) is 17.0 Å². The molecule has 0 N–H and O–H groups in total. The molecule has 0 amide bonds. The maximum Gasteiger partial charge on any atom is 0.326 e. The summed E-state index contributed by atoms with van der Waals surface area (Å²) < 4.78 is 6.28. The van der Waals surface area contributed by atoms with Gasteiger partial charge in [-0.15, -0.1) is 0 Å². The molecule has 2 aromatic rings. The number of carbonyl (C=O) groups is 1. The van der Waals surface area contributed by atoms with Crippen LogP contribution in [0.3, 0.4) is 0 Å². The first-order valence-corrected chi connectivity index (χ1v) is 6.69. The van der Waals surface area contributed by atoms with Crippen LogP contribution in [0.5, 0.6) is 0 Å². The number of hydrogen-bond donors (Lipinski definition) is 0. The first kappa shape index (κ1) is 14.2. The van der Waals surface area contributed by atoms with Gasteiger partial charge in [0, 0.05) is 6.07 Å². The monoisotopic (exact) mass is 296 g/mol. The number of rotatable bonds is 4. The first-order chi connectivity index (χ1) is 9.43. The minimum absolute atomic E-state index is 0.121. The van der Waals surface area contributed by atoms with E-state index in [1.54, 1.807) is 19.9 Å². The minimum Gasteiger partial charge on any atom is -0.465 e. The number of benzene rings is 1. The van der Waals surface area contributed by atoms with Crippen molar-refractivity contribution in [3.63, 3.8) is 0 Å². The summed E-state index contributed by atoms with van der Waals surface area (Å²) in [6, 6.07) is 3.06. The van der Waals surface area contributed by atoms with E-state index < -0.39 is 15.8 Å². The maximum atomic E-state index is 11.9. The van der Waals surface area contributed by atoms with Crippen molar-refractivity contribution in [1.82, 2.24) is 4.57 Å². The molecular formula is C12H12N2O5S. The Bertz CT molecular complexity index is 746. The van der Waals surface area contributed by atoms with Gasteiger partial charge in [0.15, 0.2) is 0 Å². The number of hydrogen-bond acceptors (Lipinski definition) is 6. The quantitative estimate of drug-likeness (QED) is 0.487. The molecule has 1 aromatic carbocycles. The molecule has 0 saturated carbocycles. The third-order valence-electron chi connectivity index (χ3n) is 2.68. The summed E-state index contributed by atoms with van der Waals surface area (Å²) in [6.07, 6.45) is 0. The molecule has 0 bridgehead atoms. The number of nitro benzene ring substituents is 1. The van der Waals surface area contributed by atoms with Gasteiger partial charge in [-0.05, 0) is 25.5 Å². The number of aromatic nitrogens is 1. The van der Waals surface area contributed by atoms with Crippen LogP contribution in [0.4, 0.5) is 5.69 Å². The third kappa shape index (κ3) is 2.55. The first-order valence-electron chi connectivity index (χ1n) is 5.88. The Balaban J connectivity index is 2.62. The van der Waals surface area contributed by atoms with Crippen LogP contribution in [0.25, 0.3) is 10.2 Å². The lowest BCUT2D eigenvalue weighted by molar-refractivity contribution is -0.382. The van der Waals surface area contributed by atoms with E-state index >= 15 is 0 Å². The molecule has 0 aliphatic heterocycles. The highest BCUT2D eigenvalue weighted by atomic mass is 32.1. The summed E-state index contributed by atoms with van der Waals surface area (Å²) in [4.78, 5) is 33.5. The van der Waals surface area contributed by atoms with E-state index in [9.17, 15) is 19.7 Å². The Hall–Kier alpha value is -2.22. The van der Waals surface area contributed by atoms with Gasteiger partial charge in [-0.25, -0.2) is 0 Å². The van der Waals surface area contributed by atoms with Crippen molar-refractivity contribution in [3.05, 3.63) is 37.5 Å². The molecule has 0 unspecified atom stereocenters. The van der Waals surface area contributed by atoms with Crippen molar-refractivity contribution in [1.29, 1.82) is 0 Å². The number of esters is 1. The molecule has 0 spiro atoms. The van der Waals surface area contributed by atoms with Gasteiger partial charge in [-0.1, -0.05) is 11.3 Å². The standard InChI is InChI=1S/C12H12N2O5S/c1-3-19-10(15)6-13-8-4-7(2)5-9(14(17)18)11(8)20-12(13)16/h4-5H,3,6H2,1-2H3. The van der Waals surface area contributed by atoms with Gasteiger partial charge >= 0.3 is 10.8 Å². The summed E-state index contributed by atoms with van der Waals surface area (Å²) in [6.45, 7) is 3.34. The van der Waals surface area contributed by atoms with Crippen molar-refractivity contribution in [2.45, 2.75) is 20.4 Å². The van der Waals surface area contributed by atoms with Crippen LogP contribution in [0, 0.1) is 17.0 Å². The Morgan fingerprint density at radius 2 is 2.20 bits per heavy atom. The average Bonchev–Trinajstić information content (AvgIpc) is 2.66. The number of nitro groups is 1. The number of aryl methyl sites for hydroxylation is 1. The fourth-order valence-electron chi connectivity index (χ4n) is 1.90. The second-order valence-corrected chi connectivity index (χ2v) is 5.11. The molecule has 1 heterocycles. The van der Waals surface area contributed by atoms with Crippen LogP contribution in [-0.2, 0) is 16.1 Å². The molecule has 0 saturated heterocycles. The summed E-state index contributed by atoms with van der Waals surface area (Å²) in [5.41, 5.74) is 0.920. The van der Waals surface area contributed by atoms with Gasteiger partial charge < -0.3 is 4.74 Å². The van der Waals surface area contributed by atoms with E-state index in [2.05, 4.69) is 0 Å². The Labute approximate surface area is 117 Å². The zero-order valence-electron chi connectivity index (χ0n) is 10.9. The molecule has 7 nitrogen and oxygen atoms in total. The highest BCUT2D eigenvalue weighted by molar-refractivity contribution is 7.17. The van der Waals surface area contributed by atoms with Crippen molar-refractivity contribution < 1.29 is 14.5 Å². The zero-order chi connectivity index (χ0) is 14.9. The molecule has 1 aromatic heterocycles. The zero-order valence-corrected chi connectivity index (χ0v) is 11.7. The van der Waals surface area contributed by atoms with Gasteiger partial charge in [-0.2, -0.15) is 0 Å². The molecular weight excluding hydrogens is 284 g/mol. The number of carbonyl (C=O) groups excluding carboxylic acids is 1. The van der Waals surface area contributed by atoms with Crippen LogP contribution in [0.15, 0.2) is 16.9 Å². The van der Waals surface area contributed by atoms with Gasteiger partial charge in [-0.3, -0.25) is 24.3 Å². The molecule has 0 fully saturated rings. The Morgan fingerprint density at radius 1 is 1.50 bits per heavy atom. The van der Waals surface area contributed by atoms with Crippen LogP contribution in [0.2, 0.25) is 0 Å². The summed E-state index contributed by atoms with van der Waals surface area (Å²) in [7, 11) is 0. The fourth-order valence-corrected chi connectivity index (χ4v) is 2.86. The molecule has 0 aliphatic carbocycles. The SMILES string of the molecule is CCOC(=O)Cn1c(=O)sc2c([N+](=O)[O-])cc(C)cc21. The molecule has 106 valence electrons. The molecule has 8 heteroatoms. The third-order valence-corrected chi connectivity index (χ3v) is 3.70. The number of nitrogens with zero attached hydrogens (tertiary/aromatic N) is 2. The Morgan fingerprint density at radius 3 is 2.80 bits per heavy atom. The topological polar surface area (TPSA) is 91.4 Å². The van der Waals surface area contributed by atoms with Gasteiger partial charge in [0.25, 0.3) is 5.69 Å². The van der Waals surface area contributed by atoms with Crippen LogP contribution >= 0.6 is 11.3 Å². The fraction of sp³-hybridized carbons (Fsp3) is 0.333. The van der Waals surface area contributed by atoms with E-state index in [0.717, 1.165) is 11.3 Å². The lowest BCUT2D eigenvalue weighted by Gasteiger charge is -2.04. The van der Waals surface area contributed by atoms with Crippen LogP contribution in [0.1, 0.15) is 12.5 Å². The lowest BCUT2D eigenvalue weighted by atomic mass is 10.2. The number of ether oxygens (including phenoxy) is 1. The maximum absolute atomic E-state index is 11.9. The number of thiazole rings is 1. The molecule has 20 heavy (non-hydrogen) atoms. The summed E-state index contributed by atoms with van der Waals surface area (Å²) in [5, 5.41) is 11.0. The largest absolute Gasteiger partial charge is 0.465 e. The van der Waals surface area contributed by atoms with Gasteiger partial charge in [0.1, 0.15) is 11.2 Å². The van der Waals surface area contributed by atoms with E-state index in [-0.39, 0.29) is 23.5 Å². The van der Waals surface area contributed by atoms with E-state index in [4.69, 9.17) is 4.74 Å². The van der Waals surface area contributed by atoms with E-state index in [1.807, 2.05) is 0 Å². The normalized spacial score (nSPS) is 10.7. The van der Waals surface area contributed by atoms with Crippen molar-refractivity contribution in [2.75, 3.05) is 6.61 Å². The van der Waals surface area contributed by atoms with Crippen molar-refractivity contribution in [3.8, 4) is 0 Å². The second kappa shape index (κ2) is 5.41. The van der Waals surface area contributed by atoms with E-state index in [0.29, 0.717) is 11.1 Å². The second-order valence-electron chi connectivity index (χ2n) is 4.15. The summed E-state index contributed by atoms with van der Waals surface area (Å²) in [5.74, 6) is -0.543. The van der Waals surface area contributed by atoms with Crippen LogP contribution < -0.4 is 4.87 Å². The summed E-state index contributed by atoms with van der Waals surface area (Å²) >= 11 is 0.760. The predicted molar refractivity (Wildman–Crippen MR) is 74.1 cm³/mol. The molecule has 0 aliphatic rings. The highest BCUT2D eigenvalue weighted by Gasteiger charge is 2.20. The van der Waals surface area contributed by atoms with Crippen molar-refractivity contribution in [2.24, 2.45) is 0 Å². The smallest absolute Gasteiger partial charge is 0.326 e. The molecule has 2 rings (SSSR count). The van der Waals surface area contributed by atoms with Crippen LogP contribution in [-0.4, -0.2) is 22.1 Å². The predicted octanol–water partition coefficient (Wildman–Crippen LogP) is 1.84. The Kier molecular flexibility index (Phi) is 3.84. The minimum atomic E-state index is -0.543. The molecule has 0 radical (unpaired) electrons. The van der Waals surface area contributed by atoms with E-state index in [1.165, 1.54) is 10.6 Å². The van der Waals surface area contributed by atoms with Gasteiger partial charge in [0.2, 0.25) is 0 Å². The number of fused-ring (bicyclic) bond motifs is 1.